The molecule has 35 heavy (non-hydrogen) atoms. The number of carbonyl (C=O) groups is 1. The van der Waals surface area contributed by atoms with Gasteiger partial charge >= 0.3 is 12.1 Å². The number of carboxylic acid groups (broad SMARTS) is 1. The molecular formula is C24H20F3N3O3S2. The normalized spacial score (nSPS) is 11.9. The maximum Gasteiger partial charge on any atom is 0.416 e. The zero-order valence-electron chi connectivity index (χ0n) is 18.8. The maximum absolute atomic E-state index is 13.0. The van der Waals surface area contributed by atoms with Crippen LogP contribution in [0.5, 0.6) is 5.88 Å². The third kappa shape index (κ3) is 5.06. The number of rotatable bonds is 6. The second-order valence-electron chi connectivity index (χ2n) is 8.01. The lowest BCUT2D eigenvalue weighted by Crippen LogP contribution is -2.09. The molecule has 0 radical (unpaired) electrons. The Balaban J connectivity index is 1.88. The molecule has 0 saturated carbocycles. The average molecular weight is 520 g/mol. The Labute approximate surface area is 207 Å². The Kier molecular flexibility index (Phi) is 6.65. The molecule has 0 aliphatic heterocycles. The number of aryl methyl sites for hydroxylation is 1. The summed E-state index contributed by atoms with van der Waals surface area (Å²) in [5.41, 5.74) is 1.26. The van der Waals surface area contributed by atoms with Crippen molar-refractivity contribution < 1.29 is 28.2 Å². The number of thiazole rings is 1. The molecule has 0 bridgehead atoms. The Bertz CT molecular complexity index is 1390. The van der Waals surface area contributed by atoms with Crippen molar-refractivity contribution in [3.05, 3.63) is 65.4 Å². The number of halogens is 3. The van der Waals surface area contributed by atoms with E-state index in [9.17, 15) is 28.2 Å². The highest BCUT2D eigenvalue weighted by Gasteiger charge is 2.31. The van der Waals surface area contributed by atoms with Gasteiger partial charge in [-0.25, -0.2) is 9.78 Å². The molecule has 0 amide bonds. The van der Waals surface area contributed by atoms with Gasteiger partial charge in [-0.15, -0.1) is 16.9 Å². The SMILES string of the molecule is Cc1cccc(-c2c(O)nn(-c3nc(-c4ccc(C(F)(F)F)cc4)c(SC(C)C)s3)c2C(=O)O)c1. The third-order valence-corrected chi connectivity index (χ3v) is 7.21. The van der Waals surface area contributed by atoms with E-state index in [1.165, 1.54) is 23.9 Å². The van der Waals surface area contributed by atoms with Crippen molar-refractivity contribution >= 4 is 29.1 Å². The Morgan fingerprint density at radius 1 is 1.11 bits per heavy atom. The highest BCUT2D eigenvalue weighted by atomic mass is 32.2. The molecule has 0 saturated heterocycles. The zero-order valence-corrected chi connectivity index (χ0v) is 20.4. The first-order valence-electron chi connectivity index (χ1n) is 10.4. The lowest BCUT2D eigenvalue weighted by molar-refractivity contribution is -0.137. The van der Waals surface area contributed by atoms with Crippen molar-refractivity contribution in [1.29, 1.82) is 0 Å². The van der Waals surface area contributed by atoms with Crippen LogP contribution in [0, 0.1) is 6.92 Å². The van der Waals surface area contributed by atoms with Crippen LogP contribution in [0.2, 0.25) is 0 Å². The van der Waals surface area contributed by atoms with Gasteiger partial charge in [0.05, 0.1) is 21.0 Å². The number of aromatic nitrogens is 3. The van der Waals surface area contributed by atoms with Gasteiger partial charge in [0, 0.05) is 10.8 Å². The quantitative estimate of drug-likeness (QED) is 0.270. The lowest BCUT2D eigenvalue weighted by Gasteiger charge is -2.08. The van der Waals surface area contributed by atoms with Gasteiger partial charge in [-0.2, -0.15) is 17.9 Å². The van der Waals surface area contributed by atoms with Crippen molar-refractivity contribution in [1.82, 2.24) is 14.8 Å². The van der Waals surface area contributed by atoms with E-state index in [1.807, 2.05) is 26.8 Å². The largest absolute Gasteiger partial charge is 0.492 e. The van der Waals surface area contributed by atoms with Crippen molar-refractivity contribution in [3.63, 3.8) is 0 Å². The van der Waals surface area contributed by atoms with Crippen LogP contribution >= 0.6 is 23.1 Å². The second-order valence-corrected chi connectivity index (χ2v) is 10.8. The van der Waals surface area contributed by atoms with E-state index >= 15 is 0 Å². The number of aromatic hydroxyl groups is 1. The molecule has 4 aromatic rings. The highest BCUT2D eigenvalue weighted by Crippen LogP contribution is 2.42. The van der Waals surface area contributed by atoms with Crippen LogP contribution in [0.4, 0.5) is 13.2 Å². The molecule has 2 heterocycles. The van der Waals surface area contributed by atoms with E-state index in [0.29, 0.717) is 21.0 Å². The molecule has 182 valence electrons. The number of carboxylic acids is 1. The van der Waals surface area contributed by atoms with Crippen LogP contribution in [0.3, 0.4) is 0 Å². The van der Waals surface area contributed by atoms with Crippen LogP contribution in [0.25, 0.3) is 27.5 Å². The third-order valence-electron chi connectivity index (χ3n) is 4.97. The van der Waals surface area contributed by atoms with E-state index in [2.05, 4.69) is 10.1 Å². The maximum atomic E-state index is 13.0. The summed E-state index contributed by atoms with van der Waals surface area (Å²) in [4.78, 5) is 16.8. The summed E-state index contributed by atoms with van der Waals surface area (Å²) in [5.74, 6) is -1.77. The molecule has 2 N–H and O–H groups in total. The molecule has 0 unspecified atom stereocenters. The zero-order chi connectivity index (χ0) is 25.5. The van der Waals surface area contributed by atoms with Gasteiger partial charge in [0.25, 0.3) is 0 Å². The number of hydrogen-bond donors (Lipinski definition) is 2. The number of aromatic carboxylic acids is 1. The molecule has 2 aromatic heterocycles. The molecule has 0 aliphatic rings. The summed E-state index contributed by atoms with van der Waals surface area (Å²) < 4.78 is 40.8. The topological polar surface area (TPSA) is 88.2 Å². The number of nitrogens with zero attached hydrogens (tertiary/aromatic N) is 3. The number of benzene rings is 2. The standard InChI is InChI=1S/C24H20F3N3O3S2/c1-12(2)34-22-18(14-7-9-16(10-8-14)24(25,26)27)28-23(35-22)30-19(21(32)33)17(20(31)29-30)15-6-4-5-13(3)11-15/h4-12H,1-3H3,(H,29,31)(H,32,33). The summed E-state index contributed by atoms with van der Waals surface area (Å²) in [6.45, 7) is 5.76. The van der Waals surface area contributed by atoms with E-state index in [1.54, 1.807) is 18.2 Å². The second kappa shape index (κ2) is 9.38. The van der Waals surface area contributed by atoms with Crippen LogP contribution in [-0.2, 0) is 6.18 Å². The summed E-state index contributed by atoms with van der Waals surface area (Å²) in [5, 5.41) is 24.9. The van der Waals surface area contributed by atoms with E-state index in [0.717, 1.165) is 33.7 Å². The summed E-state index contributed by atoms with van der Waals surface area (Å²) >= 11 is 2.60. The number of thioether (sulfide) groups is 1. The van der Waals surface area contributed by atoms with Gasteiger partial charge in [0.2, 0.25) is 11.0 Å². The number of alkyl halides is 3. The molecule has 2 aromatic carbocycles. The van der Waals surface area contributed by atoms with Crippen molar-refractivity contribution in [2.24, 2.45) is 0 Å². The van der Waals surface area contributed by atoms with Gasteiger partial charge in [0.15, 0.2) is 5.69 Å². The number of hydrogen-bond acceptors (Lipinski definition) is 6. The Hall–Kier alpha value is -3.31. The van der Waals surface area contributed by atoms with Crippen LogP contribution in [0.1, 0.15) is 35.5 Å². The van der Waals surface area contributed by atoms with Crippen LogP contribution < -0.4 is 0 Å². The van der Waals surface area contributed by atoms with Gasteiger partial charge in [-0.3, -0.25) is 0 Å². The molecule has 0 spiro atoms. The van der Waals surface area contributed by atoms with Crippen LogP contribution in [0.15, 0.2) is 52.7 Å². The molecule has 11 heteroatoms. The van der Waals surface area contributed by atoms with Crippen molar-refractivity contribution in [3.8, 4) is 33.4 Å². The van der Waals surface area contributed by atoms with Gasteiger partial charge in [-0.1, -0.05) is 67.1 Å². The highest BCUT2D eigenvalue weighted by molar-refractivity contribution is 8.01. The lowest BCUT2D eigenvalue weighted by atomic mass is 10.0. The minimum atomic E-state index is -4.46. The van der Waals surface area contributed by atoms with Gasteiger partial charge < -0.3 is 10.2 Å². The smallest absolute Gasteiger partial charge is 0.416 e. The Morgan fingerprint density at radius 3 is 2.37 bits per heavy atom. The first-order valence-corrected chi connectivity index (χ1v) is 12.1. The van der Waals surface area contributed by atoms with Crippen molar-refractivity contribution in [2.45, 2.75) is 36.4 Å². The molecule has 0 fully saturated rings. The molecule has 0 atom stereocenters. The summed E-state index contributed by atoms with van der Waals surface area (Å²) in [6, 6.07) is 11.6. The van der Waals surface area contributed by atoms with E-state index in [4.69, 9.17) is 0 Å². The molecular weight excluding hydrogens is 499 g/mol. The molecule has 4 rings (SSSR count). The predicted molar refractivity (Wildman–Crippen MR) is 129 cm³/mol. The predicted octanol–water partition coefficient (Wildman–Crippen LogP) is 6.89. The van der Waals surface area contributed by atoms with E-state index < -0.39 is 23.6 Å². The monoisotopic (exact) mass is 519 g/mol. The fourth-order valence-electron chi connectivity index (χ4n) is 3.49. The molecule has 0 aliphatic carbocycles. The van der Waals surface area contributed by atoms with E-state index in [-0.39, 0.29) is 21.6 Å². The first-order chi connectivity index (χ1) is 16.5. The Morgan fingerprint density at radius 2 is 1.80 bits per heavy atom. The van der Waals surface area contributed by atoms with Crippen LogP contribution in [-0.4, -0.2) is 36.2 Å². The summed E-state index contributed by atoms with van der Waals surface area (Å²) in [7, 11) is 0. The fourth-order valence-corrected chi connectivity index (χ4v) is 5.97. The van der Waals surface area contributed by atoms with Crippen molar-refractivity contribution in [2.75, 3.05) is 0 Å². The molecule has 6 nitrogen and oxygen atoms in total. The minimum absolute atomic E-state index is 0.0607. The average Bonchev–Trinajstić information content (AvgIpc) is 3.33. The van der Waals surface area contributed by atoms with Gasteiger partial charge in [-0.05, 0) is 24.6 Å². The summed E-state index contributed by atoms with van der Waals surface area (Å²) in [6.07, 6.45) is -4.46. The minimum Gasteiger partial charge on any atom is -0.492 e. The fraction of sp³-hybridized carbons (Fsp3) is 0.208. The first kappa shape index (κ1) is 24.8. The van der Waals surface area contributed by atoms with Gasteiger partial charge in [0.1, 0.15) is 0 Å².